The van der Waals surface area contributed by atoms with E-state index in [1.165, 1.54) is 0 Å². The summed E-state index contributed by atoms with van der Waals surface area (Å²) in [6.07, 6.45) is 0.677. The standard InChI is InChI=1S/C13H17ClN2O/c1-13(2,9-16)5-6-17-12-4-3-11(14)7-10(12)8-15/h3-4,7H,5-6,8,15H2,1-2H3. The van der Waals surface area contributed by atoms with Crippen molar-refractivity contribution in [2.75, 3.05) is 6.61 Å². The highest BCUT2D eigenvalue weighted by Crippen LogP contribution is 2.24. The minimum atomic E-state index is -0.366. The lowest BCUT2D eigenvalue weighted by atomic mass is 9.92. The number of halogens is 1. The lowest BCUT2D eigenvalue weighted by Gasteiger charge is -2.16. The quantitative estimate of drug-likeness (QED) is 0.876. The van der Waals surface area contributed by atoms with Crippen molar-refractivity contribution in [2.24, 2.45) is 11.1 Å². The van der Waals surface area contributed by atoms with Gasteiger partial charge in [0.2, 0.25) is 0 Å². The van der Waals surface area contributed by atoms with Crippen LogP contribution in [0.5, 0.6) is 5.75 Å². The molecule has 0 aliphatic rings. The van der Waals surface area contributed by atoms with Crippen molar-refractivity contribution in [2.45, 2.75) is 26.8 Å². The van der Waals surface area contributed by atoms with E-state index in [9.17, 15) is 0 Å². The van der Waals surface area contributed by atoms with Gasteiger partial charge in [0.05, 0.1) is 18.1 Å². The maximum atomic E-state index is 8.89. The molecule has 92 valence electrons. The number of hydrogen-bond acceptors (Lipinski definition) is 3. The van der Waals surface area contributed by atoms with E-state index in [1.54, 1.807) is 12.1 Å². The van der Waals surface area contributed by atoms with Crippen LogP contribution in [0.2, 0.25) is 5.02 Å². The molecule has 0 radical (unpaired) electrons. The van der Waals surface area contributed by atoms with Crippen LogP contribution in [-0.2, 0) is 6.54 Å². The number of benzene rings is 1. The van der Waals surface area contributed by atoms with Crippen molar-refractivity contribution in [3.05, 3.63) is 28.8 Å². The van der Waals surface area contributed by atoms with E-state index in [-0.39, 0.29) is 5.41 Å². The van der Waals surface area contributed by atoms with Crippen molar-refractivity contribution in [3.8, 4) is 11.8 Å². The van der Waals surface area contributed by atoms with Crippen LogP contribution in [0.3, 0.4) is 0 Å². The van der Waals surface area contributed by atoms with Crippen molar-refractivity contribution < 1.29 is 4.74 Å². The first kappa shape index (κ1) is 13.8. The third kappa shape index (κ3) is 4.26. The Balaban J connectivity index is 2.61. The minimum Gasteiger partial charge on any atom is -0.493 e. The van der Waals surface area contributed by atoms with Crippen molar-refractivity contribution in [1.29, 1.82) is 5.26 Å². The van der Waals surface area contributed by atoms with E-state index in [1.807, 2.05) is 19.9 Å². The summed E-state index contributed by atoms with van der Waals surface area (Å²) in [6, 6.07) is 7.62. The molecule has 3 nitrogen and oxygen atoms in total. The molecule has 0 fully saturated rings. The molecule has 0 unspecified atom stereocenters. The Morgan fingerprint density at radius 2 is 2.18 bits per heavy atom. The maximum absolute atomic E-state index is 8.89. The van der Waals surface area contributed by atoms with Gasteiger partial charge in [0.1, 0.15) is 5.75 Å². The predicted octanol–water partition coefficient (Wildman–Crippen LogP) is 3.12. The molecule has 0 amide bonds. The van der Waals surface area contributed by atoms with Crippen LogP contribution in [0, 0.1) is 16.7 Å². The molecule has 0 saturated carbocycles. The molecule has 0 aromatic heterocycles. The summed E-state index contributed by atoms with van der Waals surface area (Å²) in [5, 5.41) is 9.53. The summed E-state index contributed by atoms with van der Waals surface area (Å²) in [5.41, 5.74) is 6.13. The average molecular weight is 253 g/mol. The molecule has 4 heteroatoms. The minimum absolute atomic E-state index is 0.366. The Morgan fingerprint density at radius 3 is 2.76 bits per heavy atom. The zero-order valence-corrected chi connectivity index (χ0v) is 10.9. The molecule has 1 aromatic carbocycles. The van der Waals surface area contributed by atoms with Gasteiger partial charge in [-0.1, -0.05) is 11.6 Å². The fourth-order valence-electron chi connectivity index (χ4n) is 1.32. The second kappa shape index (κ2) is 5.90. The van der Waals surface area contributed by atoms with Crippen LogP contribution in [-0.4, -0.2) is 6.61 Å². The first-order valence-corrected chi connectivity index (χ1v) is 5.89. The fraction of sp³-hybridized carbons (Fsp3) is 0.462. The zero-order chi connectivity index (χ0) is 12.9. The van der Waals surface area contributed by atoms with Gasteiger partial charge < -0.3 is 10.5 Å². The summed E-state index contributed by atoms with van der Waals surface area (Å²) in [6.45, 7) is 4.66. The van der Waals surface area contributed by atoms with Crippen LogP contribution in [0.25, 0.3) is 0 Å². The average Bonchev–Trinajstić information content (AvgIpc) is 2.30. The molecule has 17 heavy (non-hydrogen) atoms. The third-order valence-electron chi connectivity index (χ3n) is 2.53. The fourth-order valence-corrected chi connectivity index (χ4v) is 1.52. The lowest BCUT2D eigenvalue weighted by Crippen LogP contribution is -2.14. The summed E-state index contributed by atoms with van der Waals surface area (Å²) >= 11 is 5.87. The van der Waals surface area contributed by atoms with Gasteiger partial charge >= 0.3 is 0 Å². The molecule has 2 N–H and O–H groups in total. The van der Waals surface area contributed by atoms with Gasteiger partial charge in [0.15, 0.2) is 0 Å². The number of hydrogen-bond donors (Lipinski definition) is 1. The zero-order valence-electron chi connectivity index (χ0n) is 10.2. The lowest BCUT2D eigenvalue weighted by molar-refractivity contribution is 0.262. The molecule has 0 spiro atoms. The molecular formula is C13H17ClN2O. The van der Waals surface area contributed by atoms with Crippen LogP contribution in [0.4, 0.5) is 0 Å². The molecule has 0 bridgehead atoms. The number of nitrogens with two attached hydrogens (primary N) is 1. The molecule has 0 aliphatic carbocycles. The highest BCUT2D eigenvalue weighted by Gasteiger charge is 2.16. The van der Waals surface area contributed by atoms with Gasteiger partial charge in [-0.2, -0.15) is 5.26 Å². The van der Waals surface area contributed by atoms with E-state index in [4.69, 9.17) is 27.3 Å². The SMILES string of the molecule is CC(C)(C#N)CCOc1ccc(Cl)cc1CN. The van der Waals surface area contributed by atoms with E-state index in [0.29, 0.717) is 24.6 Å². The first-order valence-electron chi connectivity index (χ1n) is 5.51. The smallest absolute Gasteiger partial charge is 0.123 e. The Kier molecular flexibility index (Phi) is 4.80. The molecular weight excluding hydrogens is 236 g/mol. The van der Waals surface area contributed by atoms with Gasteiger partial charge in [-0.15, -0.1) is 0 Å². The summed E-state index contributed by atoms with van der Waals surface area (Å²) in [5.74, 6) is 0.741. The van der Waals surface area contributed by atoms with Crippen molar-refractivity contribution >= 4 is 11.6 Å². The van der Waals surface area contributed by atoms with Gasteiger partial charge in [0.25, 0.3) is 0 Å². The summed E-state index contributed by atoms with van der Waals surface area (Å²) in [7, 11) is 0. The van der Waals surface area contributed by atoms with Gasteiger partial charge in [-0.3, -0.25) is 0 Å². The van der Waals surface area contributed by atoms with Crippen LogP contribution < -0.4 is 10.5 Å². The Hall–Kier alpha value is -1.24. The number of rotatable bonds is 5. The Labute approximate surface area is 107 Å². The second-order valence-electron chi connectivity index (χ2n) is 4.55. The number of nitriles is 1. The van der Waals surface area contributed by atoms with E-state index < -0.39 is 0 Å². The maximum Gasteiger partial charge on any atom is 0.123 e. The molecule has 0 heterocycles. The van der Waals surface area contributed by atoms with Crippen molar-refractivity contribution in [1.82, 2.24) is 0 Å². The van der Waals surface area contributed by atoms with Crippen LogP contribution in [0.1, 0.15) is 25.8 Å². The third-order valence-corrected chi connectivity index (χ3v) is 2.76. The second-order valence-corrected chi connectivity index (χ2v) is 4.99. The topological polar surface area (TPSA) is 59.0 Å². The molecule has 1 aromatic rings. The predicted molar refractivity (Wildman–Crippen MR) is 68.8 cm³/mol. The summed E-state index contributed by atoms with van der Waals surface area (Å²) < 4.78 is 5.63. The van der Waals surface area contributed by atoms with E-state index in [2.05, 4.69) is 6.07 Å². The normalized spacial score (nSPS) is 11.0. The molecule has 1 rings (SSSR count). The highest BCUT2D eigenvalue weighted by molar-refractivity contribution is 6.30. The van der Waals surface area contributed by atoms with Gasteiger partial charge in [-0.25, -0.2) is 0 Å². The summed E-state index contributed by atoms with van der Waals surface area (Å²) in [4.78, 5) is 0. The van der Waals surface area contributed by atoms with Crippen LogP contribution in [0.15, 0.2) is 18.2 Å². The molecule has 0 aliphatic heterocycles. The van der Waals surface area contributed by atoms with Crippen LogP contribution >= 0.6 is 11.6 Å². The monoisotopic (exact) mass is 252 g/mol. The van der Waals surface area contributed by atoms with Gasteiger partial charge in [-0.05, 0) is 38.5 Å². The van der Waals surface area contributed by atoms with Crippen molar-refractivity contribution in [3.63, 3.8) is 0 Å². The largest absolute Gasteiger partial charge is 0.493 e. The molecule has 0 saturated heterocycles. The molecule has 0 atom stereocenters. The number of nitrogens with zero attached hydrogens (tertiary/aromatic N) is 1. The van der Waals surface area contributed by atoms with Gasteiger partial charge in [0, 0.05) is 17.1 Å². The number of ether oxygens (including phenoxy) is 1. The Bertz CT molecular complexity index is 424. The van der Waals surface area contributed by atoms with E-state index in [0.717, 1.165) is 11.3 Å². The van der Waals surface area contributed by atoms with E-state index >= 15 is 0 Å². The first-order chi connectivity index (χ1) is 7.98. The highest BCUT2D eigenvalue weighted by atomic mass is 35.5. The Morgan fingerprint density at radius 1 is 1.47 bits per heavy atom.